The maximum Gasteiger partial charge on any atom is 0 e. The van der Waals surface area contributed by atoms with Crippen molar-refractivity contribution in [2.45, 2.75) is 58.0 Å². The molecule has 0 saturated heterocycles. The van der Waals surface area contributed by atoms with E-state index in [2.05, 4.69) is 114 Å². The SMILES string of the molecule is CC(C)(C)P(C[c-]1cccc1)C(C)(C)C.[Fe].c1ccc(-[c-]2[cH-][cH-][cH-][cH-]2)cc1. The normalized spacial score (nSPS) is 11.5. The Bertz CT molecular complexity index is 712. The first kappa shape index (κ1) is 23.9. The second kappa shape index (κ2) is 10.4. The minimum Gasteiger partial charge on any atom is -0.642 e. The molecule has 0 aliphatic heterocycles. The maximum absolute atomic E-state index is 2.38. The van der Waals surface area contributed by atoms with Crippen molar-refractivity contribution in [3.05, 3.63) is 84.4 Å². The van der Waals surface area contributed by atoms with Crippen LogP contribution >= 0.6 is 7.92 Å². The van der Waals surface area contributed by atoms with Crippen LogP contribution in [0.1, 0.15) is 47.1 Å². The smallest absolute Gasteiger partial charge is 0 e. The van der Waals surface area contributed by atoms with Gasteiger partial charge in [-0.05, 0) is 10.3 Å². The average molecular weight is 420 g/mol. The van der Waals surface area contributed by atoms with E-state index in [1.807, 2.05) is 6.07 Å². The van der Waals surface area contributed by atoms with Crippen LogP contribution in [0.2, 0.25) is 0 Å². The van der Waals surface area contributed by atoms with Crippen molar-refractivity contribution in [2.24, 2.45) is 0 Å². The zero-order chi connectivity index (χ0) is 19.2. The summed E-state index contributed by atoms with van der Waals surface area (Å²) in [5, 5.41) is 0.871. The summed E-state index contributed by atoms with van der Waals surface area (Å²) in [6, 6.07) is 27.6. The predicted molar refractivity (Wildman–Crippen MR) is 120 cm³/mol. The molecule has 152 valence electrons. The van der Waals surface area contributed by atoms with Crippen molar-refractivity contribution in [2.75, 3.05) is 0 Å². The Morgan fingerprint density at radius 3 is 1.70 bits per heavy atom. The van der Waals surface area contributed by atoms with Crippen molar-refractivity contribution in [3.63, 3.8) is 0 Å². The molecule has 0 unspecified atom stereocenters. The van der Waals surface area contributed by atoms with Gasteiger partial charge in [0.15, 0.2) is 0 Å². The summed E-state index contributed by atoms with van der Waals surface area (Å²) < 4.78 is 0. The molecule has 3 rings (SSSR count). The first-order chi connectivity index (χ1) is 12.2. The molecule has 0 heterocycles. The molecule has 0 radical (unpaired) electrons. The van der Waals surface area contributed by atoms with Gasteiger partial charge in [0.2, 0.25) is 0 Å². The van der Waals surface area contributed by atoms with Crippen LogP contribution in [0.15, 0.2) is 78.9 Å². The van der Waals surface area contributed by atoms with E-state index in [-0.39, 0.29) is 25.0 Å². The van der Waals surface area contributed by atoms with Gasteiger partial charge in [-0.15, -0.1) is 14.0 Å². The zero-order valence-corrected chi connectivity index (χ0v) is 19.5. The molecule has 0 amide bonds. The van der Waals surface area contributed by atoms with Crippen molar-refractivity contribution >= 4 is 7.92 Å². The second-order valence-electron chi connectivity index (χ2n) is 8.76. The van der Waals surface area contributed by atoms with Gasteiger partial charge in [0.25, 0.3) is 0 Å². The zero-order valence-electron chi connectivity index (χ0n) is 17.5. The molecule has 0 aliphatic rings. The van der Waals surface area contributed by atoms with Crippen LogP contribution in [0.5, 0.6) is 0 Å². The van der Waals surface area contributed by atoms with Gasteiger partial charge >= 0.3 is 0 Å². The van der Waals surface area contributed by atoms with Crippen LogP contribution in [0.3, 0.4) is 0 Å². The third-order valence-electron chi connectivity index (χ3n) is 4.46. The summed E-state index contributed by atoms with van der Waals surface area (Å²) in [5.74, 6) is 0. The summed E-state index contributed by atoms with van der Waals surface area (Å²) in [4.78, 5) is 0. The van der Waals surface area contributed by atoms with Gasteiger partial charge in [0, 0.05) is 17.1 Å². The number of rotatable bonds is 3. The predicted octanol–water partition coefficient (Wildman–Crippen LogP) is 8.05. The Kier molecular flexibility index (Phi) is 9.23. The topological polar surface area (TPSA) is 0 Å². The number of hydrogen-bond acceptors (Lipinski definition) is 0. The van der Waals surface area contributed by atoms with Gasteiger partial charge in [-0.2, -0.15) is 29.8 Å². The molecule has 0 atom stereocenters. The third-order valence-corrected chi connectivity index (χ3v) is 8.38. The van der Waals surface area contributed by atoms with Crippen LogP contribution in [-0.4, -0.2) is 10.3 Å². The Labute approximate surface area is 178 Å². The minimum absolute atomic E-state index is 0. The molecule has 27 heavy (non-hydrogen) atoms. The monoisotopic (exact) mass is 420 g/mol. The van der Waals surface area contributed by atoms with E-state index < -0.39 is 0 Å². The molecule has 0 aromatic heterocycles. The van der Waals surface area contributed by atoms with Crippen molar-refractivity contribution in [1.82, 2.24) is 0 Å². The quantitative estimate of drug-likeness (QED) is 0.228. The first-order valence-corrected chi connectivity index (χ1v) is 11.0. The van der Waals surface area contributed by atoms with Crippen LogP contribution in [0.4, 0.5) is 0 Å². The average Bonchev–Trinajstić information content (AvgIpc) is 3.26. The molecule has 0 saturated carbocycles. The minimum atomic E-state index is 0. The van der Waals surface area contributed by atoms with Gasteiger partial charge in [0.05, 0.1) is 0 Å². The van der Waals surface area contributed by atoms with Gasteiger partial charge in [-0.3, -0.25) is 0 Å². The van der Waals surface area contributed by atoms with Crippen molar-refractivity contribution in [1.29, 1.82) is 0 Å². The van der Waals surface area contributed by atoms with Gasteiger partial charge in [0.1, 0.15) is 0 Å². The van der Waals surface area contributed by atoms with E-state index in [1.54, 1.807) is 0 Å². The van der Waals surface area contributed by atoms with Crippen LogP contribution in [0.25, 0.3) is 11.1 Å². The molecular formula is C25H33FeP-6. The summed E-state index contributed by atoms with van der Waals surface area (Å²) in [6.45, 7) is 14.3. The molecule has 3 aromatic rings. The molecule has 0 bridgehead atoms. The second-order valence-corrected chi connectivity index (χ2v) is 12.6. The summed E-state index contributed by atoms with van der Waals surface area (Å²) >= 11 is 0. The molecule has 0 spiro atoms. The van der Waals surface area contributed by atoms with E-state index in [0.717, 1.165) is 0 Å². The number of hydrogen-bond donors (Lipinski definition) is 0. The molecule has 0 N–H and O–H groups in total. The van der Waals surface area contributed by atoms with Crippen molar-refractivity contribution in [3.8, 4) is 11.1 Å². The Hall–Kier alpha value is -1.13. The fraction of sp³-hybridized carbons (Fsp3) is 0.360. The fourth-order valence-corrected chi connectivity index (χ4v) is 6.92. The van der Waals surface area contributed by atoms with E-state index in [1.165, 1.54) is 22.9 Å². The maximum atomic E-state index is 2.38. The molecule has 3 aromatic carbocycles. The summed E-state index contributed by atoms with van der Waals surface area (Å²) in [5.41, 5.74) is 4.09. The Balaban J connectivity index is 0.000000270. The molecular weight excluding hydrogens is 387 g/mol. The summed E-state index contributed by atoms with van der Waals surface area (Å²) in [7, 11) is 0.00669. The van der Waals surface area contributed by atoms with Crippen LogP contribution < -0.4 is 0 Å². The van der Waals surface area contributed by atoms with Gasteiger partial charge in [-0.25, -0.2) is 12.1 Å². The van der Waals surface area contributed by atoms with E-state index in [9.17, 15) is 0 Å². The first-order valence-electron chi connectivity index (χ1n) is 9.43. The van der Waals surface area contributed by atoms with E-state index >= 15 is 0 Å². The molecule has 0 fully saturated rings. The van der Waals surface area contributed by atoms with Crippen LogP contribution in [0, 0.1) is 0 Å². The third kappa shape index (κ3) is 7.79. The van der Waals surface area contributed by atoms with E-state index in [4.69, 9.17) is 0 Å². The molecule has 0 nitrogen and oxygen atoms in total. The standard InChI is InChI=1S/C14H24P.C11H9.Fe/c1-13(2,3)15(14(4,5)6)11-12-9-7-8-10-12;1-2-6-10(7-3-1)11-8-4-5-9-11;/h7-10H,11H2,1-6H3;1-9H;/q-1;-5;. The van der Waals surface area contributed by atoms with Crippen LogP contribution in [-0.2, 0) is 23.2 Å². The fourth-order valence-electron chi connectivity index (χ4n) is 3.38. The Morgan fingerprint density at radius 2 is 1.26 bits per heavy atom. The largest absolute Gasteiger partial charge is 0.642 e. The van der Waals surface area contributed by atoms with E-state index in [0.29, 0.717) is 10.3 Å². The summed E-state index contributed by atoms with van der Waals surface area (Å²) in [6.07, 6.45) is 1.26. The molecule has 0 aliphatic carbocycles. The van der Waals surface area contributed by atoms with Gasteiger partial charge < -0.3 is 47.5 Å². The van der Waals surface area contributed by atoms with Gasteiger partial charge in [-0.1, -0.05) is 47.7 Å². The number of benzene rings is 1. The Morgan fingerprint density at radius 1 is 0.778 bits per heavy atom. The van der Waals surface area contributed by atoms with Crippen molar-refractivity contribution < 1.29 is 17.1 Å². The molecule has 2 heteroatoms.